The molecule has 0 spiro atoms. The molecule has 20 heavy (non-hydrogen) atoms. The lowest BCUT2D eigenvalue weighted by atomic mass is 10.0. The molecule has 1 aromatic rings. The topological polar surface area (TPSA) is 65.4 Å². The zero-order chi connectivity index (χ0) is 14.5. The quantitative estimate of drug-likeness (QED) is 0.910. The van der Waals surface area contributed by atoms with Gasteiger partial charge < -0.3 is 15.0 Å². The maximum atomic E-state index is 11.1. The van der Waals surface area contributed by atoms with Gasteiger partial charge in [-0.05, 0) is 25.0 Å². The third kappa shape index (κ3) is 3.21. The van der Waals surface area contributed by atoms with Crippen molar-refractivity contribution >= 4 is 11.6 Å². The molecule has 0 aromatic heterocycles. The highest BCUT2D eigenvalue weighted by Crippen LogP contribution is 2.28. The first-order valence-corrected chi connectivity index (χ1v) is 6.74. The number of nitrogens with zero attached hydrogens (tertiary/aromatic N) is 2. The van der Waals surface area contributed by atoms with Gasteiger partial charge in [-0.1, -0.05) is 0 Å². The van der Waals surface area contributed by atoms with E-state index < -0.39 is 0 Å². The van der Waals surface area contributed by atoms with Crippen LogP contribution in [0.4, 0.5) is 5.69 Å². The van der Waals surface area contributed by atoms with E-state index in [2.05, 4.69) is 16.3 Å². The van der Waals surface area contributed by atoms with Gasteiger partial charge in [0.1, 0.15) is 11.8 Å². The summed E-state index contributed by atoms with van der Waals surface area (Å²) in [6, 6.07) is 7.94. The summed E-state index contributed by atoms with van der Waals surface area (Å²) >= 11 is 0. The van der Waals surface area contributed by atoms with E-state index >= 15 is 0 Å². The van der Waals surface area contributed by atoms with Crippen molar-refractivity contribution in [3.05, 3.63) is 23.8 Å². The Morgan fingerprint density at radius 2 is 2.15 bits per heavy atom. The van der Waals surface area contributed by atoms with E-state index in [0.29, 0.717) is 5.56 Å². The maximum Gasteiger partial charge on any atom is 0.217 e. The van der Waals surface area contributed by atoms with Gasteiger partial charge in [0.2, 0.25) is 5.91 Å². The van der Waals surface area contributed by atoms with Gasteiger partial charge in [-0.15, -0.1) is 0 Å². The van der Waals surface area contributed by atoms with Gasteiger partial charge in [0, 0.05) is 32.1 Å². The fraction of sp³-hybridized carbons (Fsp3) is 0.467. The largest absolute Gasteiger partial charge is 0.497 e. The number of ether oxygens (including phenoxy) is 1. The highest BCUT2D eigenvalue weighted by atomic mass is 16.5. The van der Waals surface area contributed by atoms with Gasteiger partial charge in [-0.3, -0.25) is 4.79 Å². The summed E-state index contributed by atoms with van der Waals surface area (Å²) in [5.41, 5.74) is 1.57. The smallest absolute Gasteiger partial charge is 0.217 e. The van der Waals surface area contributed by atoms with Crippen LogP contribution >= 0.6 is 0 Å². The van der Waals surface area contributed by atoms with Crippen LogP contribution in [0, 0.1) is 11.3 Å². The molecular formula is C15H19N3O2. The first-order valence-electron chi connectivity index (χ1n) is 6.74. The molecule has 1 fully saturated rings. The number of hydrogen-bond acceptors (Lipinski definition) is 4. The number of nitrogens with one attached hydrogen (secondary N) is 1. The lowest BCUT2D eigenvalue weighted by molar-refractivity contribution is -0.119. The van der Waals surface area contributed by atoms with Crippen LogP contribution in [-0.4, -0.2) is 32.1 Å². The number of piperidine rings is 1. The Morgan fingerprint density at radius 3 is 2.70 bits per heavy atom. The molecule has 0 aliphatic carbocycles. The second kappa shape index (κ2) is 6.29. The third-order valence-corrected chi connectivity index (χ3v) is 3.57. The van der Waals surface area contributed by atoms with Crippen molar-refractivity contribution in [1.29, 1.82) is 5.26 Å². The Kier molecular flexibility index (Phi) is 4.46. The van der Waals surface area contributed by atoms with Crippen molar-refractivity contribution in [2.75, 3.05) is 25.1 Å². The predicted octanol–water partition coefficient (Wildman–Crippen LogP) is 1.67. The van der Waals surface area contributed by atoms with E-state index in [1.807, 2.05) is 6.07 Å². The summed E-state index contributed by atoms with van der Waals surface area (Å²) in [6.07, 6.45) is 1.78. The van der Waals surface area contributed by atoms with E-state index in [4.69, 9.17) is 4.74 Å². The number of amides is 1. The van der Waals surface area contributed by atoms with Crippen LogP contribution in [0.3, 0.4) is 0 Å². The highest BCUT2D eigenvalue weighted by molar-refractivity contribution is 5.73. The second-order valence-corrected chi connectivity index (χ2v) is 4.96. The van der Waals surface area contributed by atoms with Crippen molar-refractivity contribution in [1.82, 2.24) is 5.32 Å². The summed E-state index contributed by atoms with van der Waals surface area (Å²) in [4.78, 5) is 13.2. The zero-order valence-electron chi connectivity index (χ0n) is 11.8. The van der Waals surface area contributed by atoms with Crippen LogP contribution in [0.25, 0.3) is 0 Å². The molecule has 0 bridgehead atoms. The minimum atomic E-state index is 0.0162. The molecule has 0 radical (unpaired) electrons. The number of methoxy groups -OCH3 is 1. The van der Waals surface area contributed by atoms with Gasteiger partial charge in [0.15, 0.2) is 0 Å². The van der Waals surface area contributed by atoms with E-state index in [-0.39, 0.29) is 11.9 Å². The van der Waals surface area contributed by atoms with E-state index in [1.54, 1.807) is 26.2 Å². The molecule has 0 saturated carbocycles. The summed E-state index contributed by atoms with van der Waals surface area (Å²) in [7, 11) is 1.62. The molecule has 1 saturated heterocycles. The molecule has 1 amide bonds. The molecule has 106 valence electrons. The number of rotatable bonds is 3. The van der Waals surface area contributed by atoms with Crippen molar-refractivity contribution in [3.8, 4) is 11.8 Å². The van der Waals surface area contributed by atoms with Gasteiger partial charge in [0.25, 0.3) is 0 Å². The fourth-order valence-corrected chi connectivity index (χ4v) is 2.55. The minimum Gasteiger partial charge on any atom is -0.497 e. The first-order chi connectivity index (χ1) is 9.63. The van der Waals surface area contributed by atoms with Crippen molar-refractivity contribution in [2.24, 2.45) is 0 Å². The Bertz CT molecular complexity index is 528. The van der Waals surface area contributed by atoms with Gasteiger partial charge in [0.05, 0.1) is 18.4 Å². The molecule has 5 heteroatoms. The van der Waals surface area contributed by atoms with Crippen molar-refractivity contribution in [2.45, 2.75) is 25.8 Å². The number of benzene rings is 1. The monoisotopic (exact) mass is 273 g/mol. The van der Waals surface area contributed by atoms with Crippen LogP contribution < -0.4 is 15.0 Å². The number of nitriles is 1. The Balaban J connectivity index is 2.10. The number of anilines is 1. The molecule has 1 heterocycles. The van der Waals surface area contributed by atoms with Crippen LogP contribution in [0.15, 0.2) is 18.2 Å². The lowest BCUT2D eigenvalue weighted by Gasteiger charge is -2.34. The van der Waals surface area contributed by atoms with Crippen LogP contribution in [0.5, 0.6) is 5.75 Å². The molecule has 0 unspecified atom stereocenters. The molecule has 5 nitrogen and oxygen atoms in total. The number of carbonyl (C=O) groups is 1. The standard InChI is InChI=1S/C15H19N3O2/c1-11(19)17-13-5-7-18(8-6-13)15-9-14(20-2)4-3-12(15)10-16/h3-4,9,13H,5-8H2,1-2H3,(H,17,19). The second-order valence-electron chi connectivity index (χ2n) is 4.96. The highest BCUT2D eigenvalue weighted by Gasteiger charge is 2.21. The Hall–Kier alpha value is -2.22. The van der Waals surface area contributed by atoms with Crippen molar-refractivity contribution < 1.29 is 9.53 Å². The van der Waals surface area contributed by atoms with Gasteiger partial charge in [-0.25, -0.2) is 0 Å². The van der Waals surface area contributed by atoms with Gasteiger partial charge >= 0.3 is 0 Å². The molecule has 2 rings (SSSR count). The molecule has 1 aromatic carbocycles. The SMILES string of the molecule is COc1ccc(C#N)c(N2CCC(NC(C)=O)CC2)c1. The van der Waals surface area contributed by atoms with Crippen molar-refractivity contribution in [3.63, 3.8) is 0 Å². The molecule has 1 aliphatic heterocycles. The van der Waals surface area contributed by atoms with Crippen LogP contribution in [0.2, 0.25) is 0 Å². The Labute approximate surface area is 119 Å². The molecule has 0 atom stereocenters. The molecule has 1 aliphatic rings. The van der Waals surface area contributed by atoms with E-state index in [1.165, 1.54) is 0 Å². The fourth-order valence-electron chi connectivity index (χ4n) is 2.55. The average Bonchev–Trinajstić information content (AvgIpc) is 2.46. The summed E-state index contributed by atoms with van der Waals surface area (Å²) in [6.45, 7) is 3.20. The summed E-state index contributed by atoms with van der Waals surface area (Å²) < 4.78 is 5.23. The first kappa shape index (κ1) is 14.2. The average molecular weight is 273 g/mol. The third-order valence-electron chi connectivity index (χ3n) is 3.57. The predicted molar refractivity (Wildman–Crippen MR) is 76.8 cm³/mol. The normalized spacial score (nSPS) is 15.6. The van der Waals surface area contributed by atoms with E-state index in [0.717, 1.165) is 37.4 Å². The Morgan fingerprint density at radius 1 is 1.45 bits per heavy atom. The number of carbonyl (C=O) groups excluding carboxylic acids is 1. The lowest BCUT2D eigenvalue weighted by Crippen LogP contribution is -2.44. The van der Waals surface area contributed by atoms with Crippen LogP contribution in [0.1, 0.15) is 25.3 Å². The minimum absolute atomic E-state index is 0.0162. The zero-order valence-corrected chi connectivity index (χ0v) is 11.8. The maximum absolute atomic E-state index is 11.1. The molecular weight excluding hydrogens is 254 g/mol. The summed E-state index contributed by atoms with van der Waals surface area (Å²) in [5.74, 6) is 0.769. The van der Waals surface area contributed by atoms with E-state index in [9.17, 15) is 10.1 Å². The molecule has 1 N–H and O–H groups in total. The van der Waals surface area contributed by atoms with Gasteiger partial charge in [-0.2, -0.15) is 5.26 Å². The number of hydrogen-bond donors (Lipinski definition) is 1. The summed E-state index contributed by atoms with van der Waals surface area (Å²) in [5, 5.41) is 12.2. The van der Waals surface area contributed by atoms with Crippen LogP contribution in [-0.2, 0) is 4.79 Å².